The molecule has 0 saturated carbocycles. The number of aromatic nitrogens is 3. The van der Waals surface area contributed by atoms with Crippen LogP contribution >= 0.6 is 15.9 Å². The summed E-state index contributed by atoms with van der Waals surface area (Å²) >= 11 is 3.69. The second-order valence-corrected chi connectivity index (χ2v) is 6.60. The fraction of sp³-hybridized carbons (Fsp3) is 0.562. The average Bonchev–Trinajstić information content (AvgIpc) is 3.02. The predicted octanol–water partition coefficient (Wildman–Crippen LogP) is 3.42. The van der Waals surface area contributed by atoms with E-state index in [0.29, 0.717) is 6.04 Å². The Morgan fingerprint density at radius 2 is 2.24 bits per heavy atom. The number of nitrogens with zero attached hydrogens (tertiary/aromatic N) is 3. The van der Waals surface area contributed by atoms with Crippen LogP contribution in [0.4, 0.5) is 0 Å². The quantitative estimate of drug-likeness (QED) is 0.916. The summed E-state index contributed by atoms with van der Waals surface area (Å²) in [5.74, 6) is 0. The molecule has 3 rings (SSSR count). The van der Waals surface area contributed by atoms with Gasteiger partial charge in [-0.1, -0.05) is 0 Å². The predicted molar refractivity (Wildman–Crippen MR) is 88.6 cm³/mol. The minimum absolute atomic E-state index is 0.510. The van der Waals surface area contributed by atoms with Crippen LogP contribution in [0.25, 0.3) is 0 Å². The van der Waals surface area contributed by atoms with E-state index in [1.807, 2.05) is 0 Å². The first kappa shape index (κ1) is 14.9. The first-order valence-corrected chi connectivity index (χ1v) is 8.51. The summed E-state index contributed by atoms with van der Waals surface area (Å²) in [6.45, 7) is 5.97. The summed E-state index contributed by atoms with van der Waals surface area (Å²) in [7, 11) is 2.06. The molecule has 114 valence electrons. The number of nitrogens with one attached hydrogen (secondary N) is 1. The molecular formula is C16H23BrN4. The van der Waals surface area contributed by atoms with Crippen molar-refractivity contribution >= 4 is 15.9 Å². The Hall–Kier alpha value is -1.07. The van der Waals surface area contributed by atoms with Gasteiger partial charge in [0, 0.05) is 25.0 Å². The summed E-state index contributed by atoms with van der Waals surface area (Å²) in [6, 6.07) is 0.510. The molecule has 2 aromatic rings. The van der Waals surface area contributed by atoms with Crippen molar-refractivity contribution < 1.29 is 0 Å². The lowest BCUT2D eigenvalue weighted by Crippen LogP contribution is -2.20. The Balaban J connectivity index is 1.91. The van der Waals surface area contributed by atoms with E-state index in [9.17, 15) is 0 Å². The molecule has 1 atom stereocenters. The molecule has 1 aliphatic carbocycles. The number of rotatable bonds is 4. The van der Waals surface area contributed by atoms with Gasteiger partial charge in [0.2, 0.25) is 0 Å². The van der Waals surface area contributed by atoms with E-state index in [4.69, 9.17) is 0 Å². The zero-order valence-corrected chi connectivity index (χ0v) is 14.6. The van der Waals surface area contributed by atoms with Gasteiger partial charge in [-0.15, -0.1) is 0 Å². The molecule has 1 N–H and O–H groups in total. The Kier molecular flexibility index (Phi) is 4.22. The lowest BCUT2D eigenvalue weighted by molar-refractivity contribution is 0.498. The third kappa shape index (κ3) is 2.69. The van der Waals surface area contributed by atoms with Crippen molar-refractivity contribution in [1.82, 2.24) is 19.7 Å². The molecule has 1 aliphatic rings. The molecule has 2 aromatic heterocycles. The number of hydrogen-bond acceptors (Lipinski definition) is 2. The molecular weight excluding hydrogens is 328 g/mol. The standard InChI is InChI=1S/C16H23BrN4/c1-4-21-15(16(17)11(2)19-21)10-20-8-12-6-5-7-14(18-3)13(12)9-20/h8-9,14,18H,4-7,10H2,1-3H3. The SMILES string of the molecule is CCn1nc(C)c(Br)c1Cn1cc2c(c1)C(NC)CCC2. The maximum atomic E-state index is 4.58. The number of halogens is 1. The molecule has 1 unspecified atom stereocenters. The van der Waals surface area contributed by atoms with Gasteiger partial charge in [-0.3, -0.25) is 4.68 Å². The van der Waals surface area contributed by atoms with Crippen LogP contribution in [0.5, 0.6) is 0 Å². The van der Waals surface area contributed by atoms with Crippen molar-refractivity contribution in [3.8, 4) is 0 Å². The molecule has 0 amide bonds. The van der Waals surface area contributed by atoms with Crippen LogP contribution in [0.1, 0.15) is 48.3 Å². The molecule has 0 saturated heterocycles. The van der Waals surface area contributed by atoms with Crippen LogP contribution < -0.4 is 5.32 Å². The van der Waals surface area contributed by atoms with Crippen LogP contribution in [-0.4, -0.2) is 21.4 Å². The van der Waals surface area contributed by atoms with E-state index in [2.05, 4.69) is 68.9 Å². The highest BCUT2D eigenvalue weighted by Gasteiger charge is 2.21. The van der Waals surface area contributed by atoms with Crippen LogP contribution in [0.15, 0.2) is 16.9 Å². The molecule has 0 aromatic carbocycles. The minimum atomic E-state index is 0.510. The highest BCUT2D eigenvalue weighted by molar-refractivity contribution is 9.10. The van der Waals surface area contributed by atoms with E-state index in [1.54, 1.807) is 0 Å². The summed E-state index contributed by atoms with van der Waals surface area (Å²) in [4.78, 5) is 0. The van der Waals surface area contributed by atoms with Gasteiger partial charge in [-0.2, -0.15) is 5.10 Å². The van der Waals surface area contributed by atoms with Gasteiger partial charge in [0.25, 0.3) is 0 Å². The average molecular weight is 351 g/mol. The Bertz CT molecular complexity index is 641. The molecule has 0 bridgehead atoms. The van der Waals surface area contributed by atoms with Crippen molar-refractivity contribution in [2.75, 3.05) is 7.05 Å². The van der Waals surface area contributed by atoms with E-state index in [-0.39, 0.29) is 0 Å². The number of fused-ring (bicyclic) bond motifs is 1. The Morgan fingerprint density at radius 3 is 2.95 bits per heavy atom. The minimum Gasteiger partial charge on any atom is -0.348 e. The number of aryl methyl sites for hydroxylation is 3. The van der Waals surface area contributed by atoms with Gasteiger partial charge < -0.3 is 9.88 Å². The van der Waals surface area contributed by atoms with E-state index in [0.717, 1.165) is 23.3 Å². The van der Waals surface area contributed by atoms with Crippen molar-refractivity contribution in [1.29, 1.82) is 0 Å². The smallest absolute Gasteiger partial charge is 0.0739 e. The zero-order valence-electron chi connectivity index (χ0n) is 13.0. The lowest BCUT2D eigenvalue weighted by atomic mass is 9.91. The molecule has 0 fully saturated rings. The van der Waals surface area contributed by atoms with Gasteiger partial charge in [0.1, 0.15) is 0 Å². The van der Waals surface area contributed by atoms with Crippen LogP contribution in [0.3, 0.4) is 0 Å². The summed E-state index contributed by atoms with van der Waals surface area (Å²) in [6.07, 6.45) is 8.34. The lowest BCUT2D eigenvalue weighted by Gasteiger charge is -2.21. The zero-order chi connectivity index (χ0) is 15.0. The molecule has 0 spiro atoms. The van der Waals surface area contributed by atoms with Crippen LogP contribution in [0, 0.1) is 6.92 Å². The number of hydrogen-bond donors (Lipinski definition) is 1. The Morgan fingerprint density at radius 1 is 1.43 bits per heavy atom. The second kappa shape index (κ2) is 5.97. The molecule has 0 aliphatic heterocycles. The van der Waals surface area contributed by atoms with Crippen LogP contribution in [0.2, 0.25) is 0 Å². The monoisotopic (exact) mass is 350 g/mol. The third-order valence-corrected chi connectivity index (χ3v) is 5.48. The van der Waals surface area contributed by atoms with Crippen LogP contribution in [-0.2, 0) is 19.5 Å². The normalized spacial score (nSPS) is 18.0. The largest absolute Gasteiger partial charge is 0.348 e. The van der Waals surface area contributed by atoms with E-state index >= 15 is 0 Å². The summed E-state index contributed by atoms with van der Waals surface area (Å²) in [5.41, 5.74) is 5.29. The maximum Gasteiger partial charge on any atom is 0.0739 e. The summed E-state index contributed by atoms with van der Waals surface area (Å²) in [5, 5.41) is 8.02. The van der Waals surface area contributed by atoms with Gasteiger partial charge in [-0.05, 0) is 67.2 Å². The van der Waals surface area contributed by atoms with Crippen molar-refractivity contribution in [2.45, 2.75) is 52.2 Å². The van der Waals surface area contributed by atoms with Gasteiger partial charge in [0.15, 0.2) is 0 Å². The molecule has 21 heavy (non-hydrogen) atoms. The van der Waals surface area contributed by atoms with Gasteiger partial charge >= 0.3 is 0 Å². The van der Waals surface area contributed by atoms with E-state index < -0.39 is 0 Å². The fourth-order valence-corrected chi connectivity index (χ4v) is 3.74. The van der Waals surface area contributed by atoms with Crippen molar-refractivity contribution in [3.63, 3.8) is 0 Å². The molecule has 0 radical (unpaired) electrons. The maximum absolute atomic E-state index is 4.58. The highest BCUT2D eigenvalue weighted by Crippen LogP contribution is 2.31. The topological polar surface area (TPSA) is 34.8 Å². The first-order valence-electron chi connectivity index (χ1n) is 7.71. The van der Waals surface area contributed by atoms with Crippen molar-refractivity contribution in [3.05, 3.63) is 39.4 Å². The molecule has 5 heteroatoms. The first-order chi connectivity index (χ1) is 10.1. The second-order valence-electron chi connectivity index (χ2n) is 5.81. The van der Waals surface area contributed by atoms with Crippen molar-refractivity contribution in [2.24, 2.45) is 0 Å². The fourth-order valence-electron chi connectivity index (χ4n) is 3.33. The molecule has 4 nitrogen and oxygen atoms in total. The third-order valence-electron chi connectivity index (χ3n) is 4.45. The molecule has 2 heterocycles. The highest BCUT2D eigenvalue weighted by atomic mass is 79.9. The van der Waals surface area contributed by atoms with Gasteiger partial charge in [0.05, 0.1) is 22.4 Å². The Labute approximate surface area is 134 Å². The van der Waals surface area contributed by atoms with E-state index in [1.165, 1.54) is 36.1 Å². The summed E-state index contributed by atoms with van der Waals surface area (Å²) < 4.78 is 5.54. The van der Waals surface area contributed by atoms with Gasteiger partial charge in [-0.25, -0.2) is 0 Å².